The summed E-state index contributed by atoms with van der Waals surface area (Å²) in [6.07, 6.45) is 2.89. The molecule has 6 atom stereocenters. The summed E-state index contributed by atoms with van der Waals surface area (Å²) in [5, 5.41) is 10.1. The Morgan fingerprint density at radius 3 is 2.43 bits per heavy atom. The zero-order valence-electron chi connectivity index (χ0n) is 19.3. The number of allylic oxidation sites excluding steroid dienone is 2. The van der Waals surface area contributed by atoms with Crippen LogP contribution in [0.15, 0.2) is 29.8 Å². The van der Waals surface area contributed by atoms with Crippen LogP contribution in [0.25, 0.3) is 0 Å². The number of hydrogen-bond donors (Lipinski definition) is 1. The molecule has 4 aliphatic rings. The van der Waals surface area contributed by atoms with Gasteiger partial charge in [-0.3, -0.25) is 29.0 Å². The van der Waals surface area contributed by atoms with Gasteiger partial charge in [0.15, 0.2) is 9.75 Å². The number of phenolic OH excluding ortho intramolecular Hbond substituents is 1. The molecule has 0 spiro atoms. The first-order valence-corrected chi connectivity index (χ1v) is 13.6. The number of aromatic hydroxyl groups is 1. The molecule has 35 heavy (non-hydrogen) atoms. The third kappa shape index (κ3) is 3.08. The number of imide groups is 2. The molecule has 7 nitrogen and oxygen atoms in total. The van der Waals surface area contributed by atoms with Gasteiger partial charge in [0.1, 0.15) is 5.75 Å². The molecule has 1 N–H and O–H groups in total. The lowest BCUT2D eigenvalue weighted by molar-refractivity contribution is -0.141. The van der Waals surface area contributed by atoms with E-state index in [1.165, 1.54) is 11.0 Å². The Bertz CT molecular complexity index is 1200. The molecular weight excluding hydrogens is 559 g/mol. The van der Waals surface area contributed by atoms with Gasteiger partial charge in [0.05, 0.1) is 17.3 Å². The summed E-state index contributed by atoms with van der Waals surface area (Å²) in [4.78, 5) is 52.4. The predicted octanol–water partition coefficient (Wildman–Crippen LogP) is 3.82. The Hall–Kier alpha value is -1.90. The highest BCUT2D eigenvalue weighted by atomic mass is 79.9. The Labute approximate surface area is 221 Å². The zero-order valence-corrected chi connectivity index (χ0v) is 22.4. The normalized spacial score (nSPS) is 36.3. The average molecular weight is 584 g/mol. The minimum Gasteiger partial charge on any atom is -0.508 e. The number of phenols is 1. The molecule has 186 valence electrons. The lowest BCUT2D eigenvalue weighted by atomic mass is 9.56. The maximum absolute atomic E-state index is 13.7. The standard InChI is InChI=1S/C25H25BrCl2N2O5/c1-3-8-29-20(32)15-6-5-14-16(18(15)21(29)33)10-24(27)22(34)30(11-26)23(35)25(24,28)19(14)13-4-7-17(31)12(2)9-13/h4-5,7,9,15-16,18-19,31H,3,6,8,10-11H2,1-2H3. The fourth-order valence-electron chi connectivity index (χ4n) is 6.49. The van der Waals surface area contributed by atoms with Gasteiger partial charge in [0, 0.05) is 12.5 Å². The third-order valence-electron chi connectivity index (χ3n) is 8.11. The molecule has 4 amide bonds. The molecular formula is C25H25BrCl2N2O5. The smallest absolute Gasteiger partial charge is 0.254 e. The maximum Gasteiger partial charge on any atom is 0.254 e. The number of benzene rings is 1. The van der Waals surface area contributed by atoms with E-state index in [1.807, 2.05) is 13.0 Å². The van der Waals surface area contributed by atoms with Crippen LogP contribution < -0.4 is 0 Å². The second-order valence-electron chi connectivity index (χ2n) is 9.86. The number of halogens is 3. The van der Waals surface area contributed by atoms with E-state index in [0.717, 1.165) is 10.5 Å². The van der Waals surface area contributed by atoms with Crippen molar-refractivity contribution in [3.8, 4) is 5.75 Å². The van der Waals surface area contributed by atoms with E-state index in [2.05, 4.69) is 15.9 Å². The minimum atomic E-state index is -1.83. The molecule has 6 unspecified atom stereocenters. The lowest BCUT2D eigenvalue weighted by Crippen LogP contribution is -2.60. The molecule has 1 aromatic rings. The number of likely N-dealkylation sites (tertiary alicyclic amines) is 2. The molecule has 0 radical (unpaired) electrons. The summed E-state index contributed by atoms with van der Waals surface area (Å²) in [5.41, 5.74) is 1.88. The number of amides is 4. The summed E-state index contributed by atoms with van der Waals surface area (Å²) < 4.78 is 0. The first kappa shape index (κ1) is 24.8. The summed E-state index contributed by atoms with van der Waals surface area (Å²) in [6, 6.07) is 4.92. The summed E-state index contributed by atoms with van der Waals surface area (Å²) in [6.45, 7) is 3.98. The third-order valence-corrected chi connectivity index (χ3v) is 10.0. The summed E-state index contributed by atoms with van der Waals surface area (Å²) in [7, 11) is 0. The van der Waals surface area contributed by atoms with Crippen molar-refractivity contribution in [2.24, 2.45) is 17.8 Å². The highest BCUT2D eigenvalue weighted by Crippen LogP contribution is 2.65. The van der Waals surface area contributed by atoms with Crippen molar-refractivity contribution in [3.05, 3.63) is 41.0 Å². The second-order valence-corrected chi connectivity index (χ2v) is 11.6. The van der Waals surface area contributed by atoms with Gasteiger partial charge in [-0.1, -0.05) is 46.6 Å². The number of nitrogens with zero attached hydrogens (tertiary/aromatic N) is 2. The van der Waals surface area contributed by atoms with Gasteiger partial charge in [0.25, 0.3) is 11.8 Å². The molecule has 10 heteroatoms. The van der Waals surface area contributed by atoms with Gasteiger partial charge < -0.3 is 5.11 Å². The highest BCUT2D eigenvalue weighted by Gasteiger charge is 2.76. The van der Waals surface area contributed by atoms with E-state index in [9.17, 15) is 24.3 Å². The Morgan fingerprint density at radius 2 is 1.80 bits per heavy atom. The first-order valence-electron chi connectivity index (χ1n) is 11.7. The lowest BCUT2D eigenvalue weighted by Gasteiger charge is -2.50. The van der Waals surface area contributed by atoms with Gasteiger partial charge in [-0.05, 0) is 49.3 Å². The minimum absolute atomic E-state index is 0.0221. The van der Waals surface area contributed by atoms with E-state index in [1.54, 1.807) is 19.1 Å². The molecule has 2 aliphatic carbocycles. The van der Waals surface area contributed by atoms with Crippen LogP contribution in [-0.2, 0) is 19.2 Å². The van der Waals surface area contributed by atoms with Crippen LogP contribution in [-0.4, -0.2) is 60.3 Å². The van der Waals surface area contributed by atoms with E-state index in [-0.39, 0.29) is 29.4 Å². The zero-order chi connectivity index (χ0) is 25.4. The number of rotatable bonds is 4. The number of carbonyl (C=O) groups is 4. The predicted molar refractivity (Wildman–Crippen MR) is 133 cm³/mol. The number of hydrogen-bond acceptors (Lipinski definition) is 5. The fraction of sp³-hybridized carbons (Fsp3) is 0.520. The number of carbonyl (C=O) groups excluding carboxylic acids is 4. The number of aryl methyl sites for hydroxylation is 1. The van der Waals surface area contributed by atoms with Crippen LogP contribution >= 0.6 is 39.1 Å². The highest BCUT2D eigenvalue weighted by molar-refractivity contribution is 9.09. The van der Waals surface area contributed by atoms with Gasteiger partial charge in [-0.25, -0.2) is 0 Å². The van der Waals surface area contributed by atoms with Gasteiger partial charge in [-0.2, -0.15) is 0 Å². The number of alkyl halides is 3. The van der Waals surface area contributed by atoms with E-state index in [0.29, 0.717) is 30.5 Å². The summed E-state index contributed by atoms with van der Waals surface area (Å²) in [5.74, 6) is -4.10. The summed E-state index contributed by atoms with van der Waals surface area (Å²) >= 11 is 17.5. The molecule has 2 aliphatic heterocycles. The fourth-order valence-corrected chi connectivity index (χ4v) is 7.92. The first-order chi connectivity index (χ1) is 16.5. The van der Waals surface area contributed by atoms with Crippen LogP contribution in [0, 0.1) is 24.7 Å². The topological polar surface area (TPSA) is 95.0 Å². The van der Waals surface area contributed by atoms with Crippen molar-refractivity contribution < 1.29 is 24.3 Å². The van der Waals surface area contributed by atoms with Crippen molar-refractivity contribution in [1.82, 2.24) is 9.80 Å². The number of fused-ring (bicyclic) bond motifs is 4. The largest absolute Gasteiger partial charge is 0.508 e. The van der Waals surface area contributed by atoms with Crippen LogP contribution in [0.2, 0.25) is 0 Å². The molecule has 3 fully saturated rings. The van der Waals surface area contributed by atoms with Crippen LogP contribution in [0.4, 0.5) is 0 Å². The molecule has 1 saturated carbocycles. The van der Waals surface area contributed by atoms with Crippen LogP contribution in [0.5, 0.6) is 5.75 Å². The van der Waals surface area contributed by atoms with Gasteiger partial charge in [-0.15, -0.1) is 23.2 Å². The van der Waals surface area contributed by atoms with Crippen molar-refractivity contribution in [1.29, 1.82) is 0 Å². The Kier molecular flexibility index (Phi) is 5.89. The van der Waals surface area contributed by atoms with Crippen molar-refractivity contribution >= 4 is 62.8 Å². The Morgan fingerprint density at radius 1 is 1.09 bits per heavy atom. The van der Waals surface area contributed by atoms with Gasteiger partial charge >= 0.3 is 0 Å². The molecule has 5 rings (SSSR count). The molecule has 2 saturated heterocycles. The molecule has 0 aromatic heterocycles. The van der Waals surface area contributed by atoms with E-state index in [4.69, 9.17) is 23.2 Å². The Balaban J connectivity index is 1.72. The van der Waals surface area contributed by atoms with Crippen molar-refractivity contribution in [2.75, 3.05) is 12.0 Å². The quantitative estimate of drug-likeness (QED) is 0.252. The molecule has 1 aromatic carbocycles. The van der Waals surface area contributed by atoms with Gasteiger partial charge in [0.2, 0.25) is 11.8 Å². The van der Waals surface area contributed by atoms with E-state index >= 15 is 0 Å². The van der Waals surface area contributed by atoms with Crippen molar-refractivity contribution in [2.45, 2.75) is 48.8 Å². The van der Waals surface area contributed by atoms with Crippen LogP contribution in [0.1, 0.15) is 43.2 Å². The second kappa shape index (κ2) is 8.32. The SMILES string of the molecule is CCCN1C(=O)C2CC=C3C(CC4(Cl)C(=O)N(CBr)C(=O)C4(Cl)C3c3ccc(O)c(C)c3)C2C1=O. The molecule has 2 heterocycles. The van der Waals surface area contributed by atoms with Crippen LogP contribution in [0.3, 0.4) is 0 Å². The average Bonchev–Trinajstić information content (AvgIpc) is 3.15. The maximum atomic E-state index is 13.7. The van der Waals surface area contributed by atoms with Crippen molar-refractivity contribution in [3.63, 3.8) is 0 Å². The molecule has 0 bridgehead atoms. The van der Waals surface area contributed by atoms with E-state index < -0.39 is 45.2 Å². The monoisotopic (exact) mass is 582 g/mol.